The van der Waals surface area contributed by atoms with Crippen LogP contribution in [-0.4, -0.2) is 25.1 Å². The van der Waals surface area contributed by atoms with Crippen LogP contribution < -0.4 is 4.74 Å². The fourth-order valence-electron chi connectivity index (χ4n) is 1.44. The first-order valence-corrected chi connectivity index (χ1v) is 6.01. The summed E-state index contributed by atoms with van der Waals surface area (Å²) in [6, 6.07) is 7.28. The number of benzene rings is 1. The molecule has 0 aliphatic rings. The third-order valence-electron chi connectivity index (χ3n) is 2.13. The Balaban J connectivity index is 2.71. The summed E-state index contributed by atoms with van der Waals surface area (Å²) in [5, 5.41) is 0. The van der Waals surface area contributed by atoms with Crippen LogP contribution in [0.15, 0.2) is 24.3 Å². The number of Topliss-reactive ketones (excluding diaryl/α,β-unsaturated/α-hetero) is 1. The van der Waals surface area contributed by atoms with Crippen molar-refractivity contribution in [1.29, 1.82) is 0 Å². The number of rotatable bonds is 7. The van der Waals surface area contributed by atoms with Gasteiger partial charge in [0.2, 0.25) is 0 Å². The van der Waals surface area contributed by atoms with Crippen molar-refractivity contribution in [3.63, 3.8) is 0 Å². The molecule has 1 rings (SSSR count). The molecule has 0 saturated carbocycles. The molecule has 0 aromatic heterocycles. The van der Waals surface area contributed by atoms with Gasteiger partial charge in [-0.15, -0.1) is 0 Å². The Morgan fingerprint density at radius 1 is 1.29 bits per heavy atom. The number of hydrogen-bond donors (Lipinski definition) is 0. The topological polar surface area (TPSA) is 35.5 Å². The maximum Gasteiger partial charge on any atom is 0.192 e. The van der Waals surface area contributed by atoms with Crippen LogP contribution >= 0.6 is 0 Å². The first-order chi connectivity index (χ1) is 8.15. The van der Waals surface area contributed by atoms with Crippen molar-refractivity contribution < 1.29 is 14.3 Å². The van der Waals surface area contributed by atoms with E-state index in [1.54, 1.807) is 6.07 Å². The molecule has 94 valence electrons. The molecule has 0 saturated heterocycles. The lowest BCUT2D eigenvalue weighted by molar-refractivity contribution is 0.0756. The smallest absolute Gasteiger partial charge is 0.192 e. The molecule has 0 atom stereocenters. The van der Waals surface area contributed by atoms with E-state index in [4.69, 9.17) is 9.47 Å². The summed E-state index contributed by atoms with van der Waals surface area (Å²) < 4.78 is 10.9. The number of ether oxygens (including phenoxy) is 2. The lowest BCUT2D eigenvalue weighted by Crippen LogP contribution is -2.14. The van der Waals surface area contributed by atoms with Gasteiger partial charge in [0, 0.05) is 6.61 Å². The van der Waals surface area contributed by atoms with Gasteiger partial charge in [0.05, 0.1) is 11.7 Å². The van der Waals surface area contributed by atoms with E-state index in [2.05, 4.69) is 0 Å². The number of ketones is 1. The molecular weight excluding hydrogens is 216 g/mol. The van der Waals surface area contributed by atoms with Gasteiger partial charge in [-0.1, -0.05) is 19.1 Å². The number of hydrogen-bond acceptors (Lipinski definition) is 3. The van der Waals surface area contributed by atoms with Gasteiger partial charge in [-0.3, -0.25) is 4.79 Å². The molecule has 1 aromatic rings. The van der Waals surface area contributed by atoms with Crippen LogP contribution in [0.25, 0.3) is 0 Å². The van der Waals surface area contributed by atoms with E-state index in [0.29, 0.717) is 17.9 Å². The molecule has 3 heteroatoms. The monoisotopic (exact) mass is 236 g/mol. The zero-order valence-electron chi connectivity index (χ0n) is 10.7. The third kappa shape index (κ3) is 4.57. The first-order valence-electron chi connectivity index (χ1n) is 6.01. The average Bonchev–Trinajstić information content (AvgIpc) is 2.29. The van der Waals surface area contributed by atoms with Crippen molar-refractivity contribution in [2.75, 3.05) is 13.2 Å². The third-order valence-corrected chi connectivity index (χ3v) is 2.13. The van der Waals surface area contributed by atoms with Crippen molar-refractivity contribution in [1.82, 2.24) is 0 Å². The SMILES string of the molecule is CCCOCC(=O)c1ccccc1OC(C)C. The van der Waals surface area contributed by atoms with Crippen LogP contribution in [0.4, 0.5) is 0 Å². The van der Waals surface area contributed by atoms with Crippen molar-refractivity contribution in [3.05, 3.63) is 29.8 Å². The Morgan fingerprint density at radius 3 is 2.65 bits per heavy atom. The molecule has 0 spiro atoms. The predicted molar refractivity (Wildman–Crippen MR) is 67.6 cm³/mol. The van der Waals surface area contributed by atoms with Gasteiger partial charge in [0.1, 0.15) is 12.4 Å². The lowest BCUT2D eigenvalue weighted by Gasteiger charge is -2.13. The molecule has 3 nitrogen and oxygen atoms in total. The van der Waals surface area contributed by atoms with Gasteiger partial charge in [0.15, 0.2) is 5.78 Å². The van der Waals surface area contributed by atoms with E-state index >= 15 is 0 Å². The number of carbonyl (C=O) groups excluding carboxylic acids is 1. The molecule has 0 heterocycles. The van der Waals surface area contributed by atoms with Crippen LogP contribution in [-0.2, 0) is 4.74 Å². The minimum atomic E-state index is -0.0327. The molecule has 0 amide bonds. The summed E-state index contributed by atoms with van der Waals surface area (Å²) >= 11 is 0. The molecule has 0 radical (unpaired) electrons. The van der Waals surface area contributed by atoms with E-state index in [-0.39, 0.29) is 18.5 Å². The van der Waals surface area contributed by atoms with Crippen molar-refractivity contribution >= 4 is 5.78 Å². The number of para-hydroxylation sites is 1. The second-order valence-electron chi connectivity index (χ2n) is 4.14. The minimum absolute atomic E-state index is 0.0327. The summed E-state index contributed by atoms with van der Waals surface area (Å²) in [7, 11) is 0. The van der Waals surface area contributed by atoms with Crippen molar-refractivity contribution in [2.45, 2.75) is 33.3 Å². The zero-order chi connectivity index (χ0) is 12.7. The highest BCUT2D eigenvalue weighted by molar-refractivity contribution is 5.99. The molecule has 0 fully saturated rings. The van der Waals surface area contributed by atoms with Gasteiger partial charge < -0.3 is 9.47 Å². The molecule has 1 aromatic carbocycles. The summed E-state index contributed by atoms with van der Waals surface area (Å²) in [6.07, 6.45) is 0.970. The van der Waals surface area contributed by atoms with Gasteiger partial charge in [-0.2, -0.15) is 0 Å². The molecule has 0 bridgehead atoms. The Bertz CT molecular complexity index is 358. The molecule has 0 N–H and O–H groups in total. The Kier molecular flexibility index (Phi) is 5.70. The number of carbonyl (C=O) groups is 1. The average molecular weight is 236 g/mol. The Hall–Kier alpha value is -1.35. The molecule has 0 unspecified atom stereocenters. The standard InChI is InChI=1S/C14H20O3/c1-4-9-16-10-13(15)12-7-5-6-8-14(12)17-11(2)3/h5-8,11H,4,9-10H2,1-3H3. The van der Waals surface area contributed by atoms with Crippen LogP contribution in [0, 0.1) is 0 Å². The maximum atomic E-state index is 11.9. The molecular formula is C14H20O3. The highest BCUT2D eigenvalue weighted by Crippen LogP contribution is 2.19. The van der Waals surface area contributed by atoms with Gasteiger partial charge >= 0.3 is 0 Å². The summed E-state index contributed by atoms with van der Waals surface area (Å²) in [4.78, 5) is 11.9. The van der Waals surface area contributed by atoms with Crippen LogP contribution in [0.2, 0.25) is 0 Å². The van der Waals surface area contributed by atoms with Gasteiger partial charge in [-0.05, 0) is 32.4 Å². The van der Waals surface area contributed by atoms with E-state index in [0.717, 1.165) is 6.42 Å². The molecule has 17 heavy (non-hydrogen) atoms. The normalized spacial score (nSPS) is 10.6. The second kappa shape index (κ2) is 7.07. The Labute approximate surface area is 103 Å². The fourth-order valence-corrected chi connectivity index (χ4v) is 1.44. The van der Waals surface area contributed by atoms with E-state index in [1.807, 2.05) is 39.0 Å². The maximum absolute atomic E-state index is 11.9. The fraction of sp³-hybridized carbons (Fsp3) is 0.500. The molecule has 0 aliphatic heterocycles. The minimum Gasteiger partial charge on any atom is -0.490 e. The lowest BCUT2D eigenvalue weighted by atomic mass is 10.1. The quantitative estimate of drug-likeness (QED) is 0.539. The van der Waals surface area contributed by atoms with Crippen LogP contribution in [0.5, 0.6) is 5.75 Å². The van der Waals surface area contributed by atoms with Crippen molar-refractivity contribution in [2.24, 2.45) is 0 Å². The first kappa shape index (κ1) is 13.7. The summed E-state index contributed by atoms with van der Waals surface area (Å²) in [5.74, 6) is 0.599. The van der Waals surface area contributed by atoms with E-state index in [9.17, 15) is 4.79 Å². The van der Waals surface area contributed by atoms with Gasteiger partial charge in [-0.25, -0.2) is 0 Å². The highest BCUT2D eigenvalue weighted by atomic mass is 16.5. The zero-order valence-corrected chi connectivity index (χ0v) is 10.7. The molecule has 0 aliphatic carbocycles. The van der Waals surface area contributed by atoms with E-state index in [1.165, 1.54) is 0 Å². The Morgan fingerprint density at radius 2 is 2.00 bits per heavy atom. The van der Waals surface area contributed by atoms with Crippen LogP contribution in [0.1, 0.15) is 37.6 Å². The van der Waals surface area contributed by atoms with Crippen molar-refractivity contribution in [3.8, 4) is 5.75 Å². The van der Waals surface area contributed by atoms with Gasteiger partial charge in [0.25, 0.3) is 0 Å². The largest absolute Gasteiger partial charge is 0.490 e. The second-order valence-corrected chi connectivity index (χ2v) is 4.14. The highest BCUT2D eigenvalue weighted by Gasteiger charge is 2.12. The summed E-state index contributed by atoms with van der Waals surface area (Å²) in [6.45, 7) is 6.62. The van der Waals surface area contributed by atoms with E-state index < -0.39 is 0 Å². The van der Waals surface area contributed by atoms with Crippen LogP contribution in [0.3, 0.4) is 0 Å². The summed E-state index contributed by atoms with van der Waals surface area (Å²) in [5.41, 5.74) is 0.595. The predicted octanol–water partition coefficient (Wildman–Crippen LogP) is 3.08.